The lowest BCUT2D eigenvalue weighted by Gasteiger charge is -2.11. The Kier molecular flexibility index (Phi) is 5.61. The molecule has 2 aromatic carbocycles. The van der Waals surface area contributed by atoms with Gasteiger partial charge in [0.15, 0.2) is 18.1 Å². The van der Waals surface area contributed by atoms with Gasteiger partial charge in [-0.05, 0) is 31.2 Å². The molecule has 0 amide bonds. The van der Waals surface area contributed by atoms with Crippen LogP contribution >= 0.6 is 11.6 Å². The van der Waals surface area contributed by atoms with Crippen molar-refractivity contribution < 1.29 is 23.5 Å². The lowest BCUT2D eigenvalue weighted by Crippen LogP contribution is -2.07. The van der Waals surface area contributed by atoms with Crippen LogP contribution in [0.15, 0.2) is 40.9 Å². The van der Waals surface area contributed by atoms with E-state index in [9.17, 15) is 4.79 Å². The topological polar surface area (TPSA) is 83.7 Å². The van der Waals surface area contributed by atoms with Gasteiger partial charge in [0.1, 0.15) is 0 Å². The summed E-state index contributed by atoms with van der Waals surface area (Å²) in [6.45, 7) is 1.85. The van der Waals surface area contributed by atoms with Crippen LogP contribution in [0, 0.1) is 6.92 Å². The SMILES string of the molecule is COc1cc(C(=O)OCc2noc(-c3ccc(C)cc3)n2)cc(Cl)c1OC. The third-order valence-electron chi connectivity index (χ3n) is 3.77. The van der Waals surface area contributed by atoms with Gasteiger partial charge in [0.05, 0.1) is 24.8 Å². The number of methoxy groups -OCH3 is 2. The summed E-state index contributed by atoms with van der Waals surface area (Å²) in [7, 11) is 2.92. The average Bonchev–Trinajstić information content (AvgIpc) is 3.15. The van der Waals surface area contributed by atoms with Gasteiger partial charge in [0, 0.05) is 5.56 Å². The number of aromatic nitrogens is 2. The Labute approximate surface area is 160 Å². The van der Waals surface area contributed by atoms with E-state index in [2.05, 4.69) is 10.1 Å². The molecule has 0 unspecified atom stereocenters. The van der Waals surface area contributed by atoms with Crippen LogP contribution in [0.4, 0.5) is 0 Å². The third kappa shape index (κ3) is 4.20. The average molecular weight is 389 g/mol. The Hall–Kier alpha value is -3.06. The van der Waals surface area contributed by atoms with Crippen LogP contribution in [-0.4, -0.2) is 30.3 Å². The van der Waals surface area contributed by atoms with Gasteiger partial charge in [0.25, 0.3) is 5.89 Å². The summed E-state index contributed by atoms with van der Waals surface area (Å²) >= 11 is 6.10. The number of rotatable bonds is 6. The van der Waals surface area contributed by atoms with Crippen LogP contribution in [0.2, 0.25) is 5.02 Å². The fraction of sp³-hybridized carbons (Fsp3) is 0.211. The number of benzene rings is 2. The van der Waals surface area contributed by atoms with E-state index < -0.39 is 5.97 Å². The highest BCUT2D eigenvalue weighted by Crippen LogP contribution is 2.36. The lowest BCUT2D eigenvalue weighted by molar-refractivity contribution is 0.0459. The molecule has 0 aliphatic rings. The number of nitrogens with zero attached hydrogens (tertiary/aromatic N) is 2. The minimum absolute atomic E-state index is 0.139. The summed E-state index contributed by atoms with van der Waals surface area (Å²) < 4.78 is 20.8. The Morgan fingerprint density at radius 2 is 1.89 bits per heavy atom. The van der Waals surface area contributed by atoms with E-state index in [0.29, 0.717) is 17.4 Å². The quantitative estimate of drug-likeness (QED) is 0.588. The smallest absolute Gasteiger partial charge is 0.338 e. The zero-order chi connectivity index (χ0) is 19.4. The van der Waals surface area contributed by atoms with Gasteiger partial charge in [-0.2, -0.15) is 4.98 Å². The van der Waals surface area contributed by atoms with Gasteiger partial charge in [-0.3, -0.25) is 0 Å². The van der Waals surface area contributed by atoms with Gasteiger partial charge in [-0.15, -0.1) is 0 Å². The number of esters is 1. The summed E-state index contributed by atoms with van der Waals surface area (Å²) in [6, 6.07) is 10.6. The maximum Gasteiger partial charge on any atom is 0.338 e. The van der Waals surface area contributed by atoms with Crippen molar-refractivity contribution in [3.05, 3.63) is 58.4 Å². The van der Waals surface area contributed by atoms with Crippen molar-refractivity contribution in [1.29, 1.82) is 0 Å². The largest absolute Gasteiger partial charge is 0.493 e. The van der Waals surface area contributed by atoms with Crippen molar-refractivity contribution >= 4 is 17.6 Å². The molecule has 0 atom stereocenters. The molecule has 7 nitrogen and oxygen atoms in total. The highest BCUT2D eigenvalue weighted by molar-refractivity contribution is 6.32. The lowest BCUT2D eigenvalue weighted by atomic mass is 10.1. The fourth-order valence-electron chi connectivity index (χ4n) is 2.38. The number of hydrogen-bond acceptors (Lipinski definition) is 7. The molecule has 0 saturated carbocycles. The molecule has 0 fully saturated rings. The van der Waals surface area contributed by atoms with E-state index in [0.717, 1.165) is 11.1 Å². The number of halogens is 1. The van der Waals surface area contributed by atoms with Gasteiger partial charge in [-0.1, -0.05) is 34.5 Å². The van der Waals surface area contributed by atoms with E-state index in [1.807, 2.05) is 31.2 Å². The van der Waals surface area contributed by atoms with Crippen molar-refractivity contribution in [3.63, 3.8) is 0 Å². The Bertz CT molecular complexity index is 953. The standard InChI is InChI=1S/C19H17ClN2O5/c1-11-4-6-12(7-5-11)18-21-16(22-27-18)10-26-19(23)13-8-14(20)17(25-3)15(9-13)24-2/h4-9H,10H2,1-3H3. The van der Waals surface area contributed by atoms with E-state index in [1.54, 1.807) is 0 Å². The normalized spacial score (nSPS) is 10.5. The van der Waals surface area contributed by atoms with Gasteiger partial charge < -0.3 is 18.7 Å². The predicted molar refractivity (Wildman–Crippen MR) is 98.1 cm³/mol. The molecule has 1 aromatic heterocycles. The van der Waals surface area contributed by atoms with Crippen molar-refractivity contribution in [1.82, 2.24) is 10.1 Å². The minimum Gasteiger partial charge on any atom is -0.493 e. The Balaban J connectivity index is 1.69. The molecule has 0 aliphatic carbocycles. The second-order valence-corrected chi connectivity index (χ2v) is 6.06. The summed E-state index contributed by atoms with van der Waals surface area (Å²) in [5.74, 6) is 0.690. The highest BCUT2D eigenvalue weighted by Gasteiger charge is 2.17. The molecule has 0 aliphatic heterocycles. The van der Waals surface area contributed by atoms with Crippen LogP contribution in [0.3, 0.4) is 0 Å². The van der Waals surface area contributed by atoms with Crippen molar-refractivity contribution in [2.75, 3.05) is 14.2 Å². The Morgan fingerprint density at radius 1 is 1.15 bits per heavy atom. The molecule has 0 radical (unpaired) electrons. The van der Waals surface area contributed by atoms with Crippen LogP contribution in [-0.2, 0) is 11.3 Å². The number of carbonyl (C=O) groups is 1. The molecule has 3 aromatic rings. The predicted octanol–water partition coefficient (Wildman–Crippen LogP) is 4.07. The van der Waals surface area contributed by atoms with Crippen molar-refractivity contribution in [2.24, 2.45) is 0 Å². The number of hydrogen-bond donors (Lipinski definition) is 0. The van der Waals surface area contributed by atoms with Crippen LogP contribution in [0.5, 0.6) is 11.5 Å². The number of aryl methyl sites for hydroxylation is 1. The van der Waals surface area contributed by atoms with E-state index in [4.69, 9.17) is 30.3 Å². The van der Waals surface area contributed by atoms with Crippen molar-refractivity contribution in [2.45, 2.75) is 13.5 Å². The second-order valence-electron chi connectivity index (χ2n) is 5.65. The maximum atomic E-state index is 12.3. The molecule has 140 valence electrons. The van der Waals surface area contributed by atoms with E-state index >= 15 is 0 Å². The first-order valence-electron chi connectivity index (χ1n) is 8.00. The summed E-state index contributed by atoms with van der Waals surface area (Å²) in [5.41, 5.74) is 2.14. The summed E-state index contributed by atoms with van der Waals surface area (Å²) in [6.07, 6.45) is 0. The third-order valence-corrected chi connectivity index (χ3v) is 4.05. The van der Waals surface area contributed by atoms with Crippen molar-refractivity contribution in [3.8, 4) is 23.0 Å². The molecule has 0 bridgehead atoms. The first kappa shape index (κ1) is 18.7. The van der Waals surface area contributed by atoms with Gasteiger partial charge in [-0.25, -0.2) is 4.79 Å². The summed E-state index contributed by atoms with van der Waals surface area (Å²) in [5, 5.41) is 4.07. The van der Waals surface area contributed by atoms with E-state index in [-0.39, 0.29) is 23.0 Å². The number of ether oxygens (including phenoxy) is 3. The molecule has 27 heavy (non-hydrogen) atoms. The molecule has 8 heteroatoms. The molecule has 1 heterocycles. The molecule has 0 saturated heterocycles. The Morgan fingerprint density at radius 3 is 2.56 bits per heavy atom. The zero-order valence-electron chi connectivity index (χ0n) is 15.0. The zero-order valence-corrected chi connectivity index (χ0v) is 15.7. The monoisotopic (exact) mass is 388 g/mol. The second kappa shape index (κ2) is 8.09. The maximum absolute atomic E-state index is 12.3. The molecule has 0 spiro atoms. The molecule has 3 rings (SSSR count). The van der Waals surface area contributed by atoms with Crippen LogP contribution < -0.4 is 9.47 Å². The fourth-order valence-corrected chi connectivity index (χ4v) is 2.66. The molecular formula is C19H17ClN2O5. The van der Waals surface area contributed by atoms with Crippen LogP contribution in [0.25, 0.3) is 11.5 Å². The summed E-state index contributed by atoms with van der Waals surface area (Å²) in [4.78, 5) is 16.5. The molecule has 0 N–H and O–H groups in total. The first-order chi connectivity index (χ1) is 13.0. The highest BCUT2D eigenvalue weighted by atomic mass is 35.5. The number of carbonyl (C=O) groups excluding carboxylic acids is 1. The first-order valence-corrected chi connectivity index (χ1v) is 8.38. The molecular weight excluding hydrogens is 372 g/mol. The van der Waals surface area contributed by atoms with Crippen LogP contribution in [0.1, 0.15) is 21.7 Å². The van der Waals surface area contributed by atoms with Gasteiger partial charge in [0.2, 0.25) is 5.82 Å². The van der Waals surface area contributed by atoms with E-state index in [1.165, 1.54) is 26.4 Å². The minimum atomic E-state index is -0.598. The van der Waals surface area contributed by atoms with Gasteiger partial charge >= 0.3 is 5.97 Å².